The summed E-state index contributed by atoms with van der Waals surface area (Å²) in [5, 5.41) is 4.78. The van der Waals surface area contributed by atoms with E-state index >= 15 is 0 Å². The molecule has 0 saturated heterocycles. The van der Waals surface area contributed by atoms with Crippen LogP contribution in [0, 0.1) is 0 Å². The normalized spacial score (nSPS) is 12.0. The summed E-state index contributed by atoms with van der Waals surface area (Å²) in [6.07, 6.45) is 5.45. The van der Waals surface area contributed by atoms with Crippen LogP contribution in [0.3, 0.4) is 0 Å². The number of aryl methyl sites for hydroxylation is 1. The number of rotatable bonds is 8. The van der Waals surface area contributed by atoms with Crippen LogP contribution in [0.5, 0.6) is 0 Å². The minimum absolute atomic E-state index is 0.0151. The third-order valence-corrected chi connectivity index (χ3v) is 4.72. The zero-order chi connectivity index (χ0) is 18.4. The van der Waals surface area contributed by atoms with Crippen LogP contribution < -0.4 is 5.32 Å². The van der Waals surface area contributed by atoms with Crippen molar-refractivity contribution in [1.82, 2.24) is 14.7 Å². The highest BCUT2D eigenvalue weighted by Gasteiger charge is 2.13. The van der Waals surface area contributed by atoms with E-state index in [1.807, 2.05) is 41.1 Å². The lowest BCUT2D eigenvalue weighted by Gasteiger charge is -2.14. The highest BCUT2D eigenvalue weighted by molar-refractivity contribution is 7.15. The molecule has 1 N–H and O–H groups in total. The molecule has 0 saturated carbocycles. The first kappa shape index (κ1) is 18.1. The molecule has 0 aliphatic rings. The number of carbonyl (C=O) groups is 2. The smallest absolute Gasteiger partial charge is 0.312 e. The summed E-state index contributed by atoms with van der Waals surface area (Å²) in [7, 11) is 0. The molecular weight excluding hydrogens is 350 g/mol. The van der Waals surface area contributed by atoms with Crippen molar-refractivity contribution in [3.63, 3.8) is 0 Å². The molecule has 0 aliphatic carbocycles. The van der Waals surface area contributed by atoms with Gasteiger partial charge in [-0.2, -0.15) is 0 Å². The molecule has 6 nitrogen and oxygen atoms in total. The predicted octanol–water partition coefficient (Wildman–Crippen LogP) is 2.62. The number of hydrogen-bond donors (Lipinski definition) is 1. The fourth-order valence-electron chi connectivity index (χ4n) is 2.62. The van der Waals surface area contributed by atoms with Crippen molar-refractivity contribution in [1.29, 1.82) is 0 Å². The zero-order valence-electron chi connectivity index (χ0n) is 14.6. The van der Waals surface area contributed by atoms with Gasteiger partial charge >= 0.3 is 5.97 Å². The number of aromatic nitrogens is 2. The first-order valence-electron chi connectivity index (χ1n) is 8.50. The van der Waals surface area contributed by atoms with E-state index in [1.54, 1.807) is 6.20 Å². The van der Waals surface area contributed by atoms with E-state index in [0.29, 0.717) is 5.69 Å². The molecule has 2 heterocycles. The van der Waals surface area contributed by atoms with Crippen LogP contribution in [0.1, 0.15) is 24.6 Å². The van der Waals surface area contributed by atoms with Crippen LogP contribution in [0.15, 0.2) is 48.1 Å². The number of nitrogens with zero attached hydrogens (tertiary/aromatic N) is 2. The van der Waals surface area contributed by atoms with E-state index in [9.17, 15) is 9.59 Å². The Kier molecular flexibility index (Phi) is 6.01. The second-order valence-corrected chi connectivity index (χ2v) is 7.03. The molecule has 0 aliphatic heterocycles. The highest BCUT2D eigenvalue weighted by atomic mass is 32.1. The van der Waals surface area contributed by atoms with E-state index in [4.69, 9.17) is 4.74 Å². The van der Waals surface area contributed by atoms with Crippen LogP contribution in [0.25, 0.3) is 4.96 Å². The van der Waals surface area contributed by atoms with Gasteiger partial charge < -0.3 is 10.1 Å². The number of benzene rings is 1. The lowest BCUT2D eigenvalue weighted by molar-refractivity contribution is -0.148. The maximum atomic E-state index is 11.9. The molecule has 1 aromatic carbocycles. The maximum absolute atomic E-state index is 11.9. The fraction of sp³-hybridized carbons (Fsp3) is 0.316. The summed E-state index contributed by atoms with van der Waals surface area (Å²) in [4.78, 5) is 28.9. The van der Waals surface area contributed by atoms with E-state index in [1.165, 1.54) is 16.9 Å². The molecule has 0 radical (unpaired) electrons. The van der Waals surface area contributed by atoms with Gasteiger partial charge in [-0.3, -0.25) is 14.0 Å². The van der Waals surface area contributed by atoms with Crippen LogP contribution in [-0.2, 0) is 27.2 Å². The highest BCUT2D eigenvalue weighted by Crippen LogP contribution is 2.12. The van der Waals surface area contributed by atoms with Gasteiger partial charge in [0.1, 0.15) is 0 Å². The summed E-state index contributed by atoms with van der Waals surface area (Å²) in [5.74, 6) is -0.743. The Labute approximate surface area is 155 Å². The van der Waals surface area contributed by atoms with Gasteiger partial charge in [-0.1, -0.05) is 30.3 Å². The standard InChI is InChI=1S/C19H21N3O3S/c1-14(7-8-15-5-3-2-4-6-15)20-17(23)13-25-18(24)11-16-12-22-9-10-26-19(22)21-16/h2-6,9-10,12,14H,7-8,11,13H2,1H3,(H,20,23)/t14-/m0/s1. The Hall–Kier alpha value is -2.67. The fourth-order valence-corrected chi connectivity index (χ4v) is 3.34. The Morgan fingerprint density at radius 1 is 1.31 bits per heavy atom. The molecule has 1 amide bonds. The number of thiazole rings is 1. The number of ether oxygens (including phenoxy) is 1. The maximum Gasteiger partial charge on any atom is 0.312 e. The largest absolute Gasteiger partial charge is 0.455 e. The summed E-state index contributed by atoms with van der Waals surface area (Å²) in [6, 6.07) is 10.1. The first-order chi connectivity index (χ1) is 12.6. The minimum atomic E-state index is -0.456. The third-order valence-electron chi connectivity index (χ3n) is 3.95. The quantitative estimate of drug-likeness (QED) is 0.618. The van der Waals surface area contributed by atoms with Gasteiger partial charge in [-0.15, -0.1) is 11.3 Å². The predicted molar refractivity (Wildman–Crippen MR) is 100 cm³/mol. The van der Waals surface area contributed by atoms with Gasteiger partial charge in [0.05, 0.1) is 12.1 Å². The van der Waals surface area contributed by atoms with Crippen LogP contribution in [0.2, 0.25) is 0 Å². The zero-order valence-corrected chi connectivity index (χ0v) is 15.4. The van der Waals surface area contributed by atoms with Gasteiger partial charge in [0.25, 0.3) is 5.91 Å². The monoisotopic (exact) mass is 371 g/mol. The number of amides is 1. The number of hydrogen-bond acceptors (Lipinski definition) is 5. The molecule has 0 bridgehead atoms. The number of nitrogens with one attached hydrogen (secondary N) is 1. The van der Waals surface area contributed by atoms with E-state index in [-0.39, 0.29) is 25.0 Å². The number of carbonyl (C=O) groups excluding carboxylic acids is 2. The summed E-state index contributed by atoms with van der Waals surface area (Å²) < 4.78 is 6.90. The van der Waals surface area contributed by atoms with Crippen molar-refractivity contribution in [2.24, 2.45) is 0 Å². The van der Waals surface area contributed by atoms with Crippen molar-refractivity contribution < 1.29 is 14.3 Å². The van der Waals surface area contributed by atoms with Gasteiger partial charge in [-0.05, 0) is 25.3 Å². The molecule has 0 unspecified atom stereocenters. The van der Waals surface area contributed by atoms with Crippen LogP contribution >= 0.6 is 11.3 Å². The van der Waals surface area contributed by atoms with E-state index < -0.39 is 5.97 Å². The second-order valence-electron chi connectivity index (χ2n) is 6.16. The Morgan fingerprint density at radius 3 is 2.88 bits per heavy atom. The van der Waals surface area contributed by atoms with Gasteiger partial charge in [0.15, 0.2) is 11.6 Å². The minimum Gasteiger partial charge on any atom is -0.455 e. The summed E-state index contributed by atoms with van der Waals surface area (Å²) in [5.41, 5.74) is 1.87. The summed E-state index contributed by atoms with van der Waals surface area (Å²) >= 11 is 1.50. The Bertz CT molecular complexity index is 844. The molecule has 1 atom stereocenters. The average molecular weight is 371 g/mol. The molecule has 136 valence electrons. The van der Waals surface area contributed by atoms with Crippen molar-refractivity contribution in [3.8, 4) is 0 Å². The van der Waals surface area contributed by atoms with Gasteiger partial charge in [0.2, 0.25) is 0 Å². The van der Waals surface area contributed by atoms with Crippen molar-refractivity contribution in [2.45, 2.75) is 32.2 Å². The molecule has 0 fully saturated rings. The van der Waals surface area contributed by atoms with Gasteiger partial charge in [-0.25, -0.2) is 4.98 Å². The Morgan fingerprint density at radius 2 is 2.12 bits per heavy atom. The van der Waals surface area contributed by atoms with Crippen LogP contribution in [0.4, 0.5) is 0 Å². The molecule has 0 spiro atoms. The number of esters is 1. The van der Waals surface area contributed by atoms with Crippen molar-refractivity contribution in [3.05, 3.63) is 59.4 Å². The van der Waals surface area contributed by atoms with E-state index in [0.717, 1.165) is 17.8 Å². The SMILES string of the molecule is C[C@@H](CCc1ccccc1)NC(=O)COC(=O)Cc1cn2ccsc2n1. The van der Waals surface area contributed by atoms with Gasteiger partial charge in [0, 0.05) is 23.8 Å². The molecule has 7 heteroatoms. The topological polar surface area (TPSA) is 72.7 Å². The van der Waals surface area contributed by atoms with E-state index in [2.05, 4.69) is 22.4 Å². The third kappa shape index (κ3) is 5.16. The molecule has 26 heavy (non-hydrogen) atoms. The van der Waals surface area contributed by atoms with Crippen molar-refractivity contribution in [2.75, 3.05) is 6.61 Å². The molecule has 3 aromatic rings. The van der Waals surface area contributed by atoms with Crippen LogP contribution in [-0.4, -0.2) is 33.9 Å². The summed E-state index contributed by atoms with van der Waals surface area (Å²) in [6.45, 7) is 1.68. The lowest BCUT2D eigenvalue weighted by Crippen LogP contribution is -2.36. The number of imidazole rings is 1. The molecular formula is C19H21N3O3S. The molecule has 2 aromatic heterocycles. The van der Waals surface area contributed by atoms with Crippen molar-refractivity contribution >= 4 is 28.2 Å². The first-order valence-corrected chi connectivity index (χ1v) is 9.38. The lowest BCUT2D eigenvalue weighted by atomic mass is 10.1. The Balaban J connectivity index is 1.36. The second kappa shape index (κ2) is 8.62. The average Bonchev–Trinajstić information content (AvgIpc) is 3.20. The number of fused-ring (bicyclic) bond motifs is 1. The molecule has 3 rings (SSSR count).